The van der Waals surface area contributed by atoms with Crippen LogP contribution in [0.5, 0.6) is 0 Å². The van der Waals surface area contributed by atoms with Crippen molar-refractivity contribution in [3.63, 3.8) is 0 Å². The summed E-state index contributed by atoms with van der Waals surface area (Å²) >= 11 is 0. The van der Waals surface area contributed by atoms with E-state index in [1.807, 2.05) is 30.3 Å². The van der Waals surface area contributed by atoms with Crippen molar-refractivity contribution >= 4 is 11.7 Å². The molecule has 0 aliphatic rings. The molecule has 0 unspecified atom stereocenters. The van der Waals surface area contributed by atoms with E-state index in [0.29, 0.717) is 30.2 Å². The quantitative estimate of drug-likeness (QED) is 0.184. The van der Waals surface area contributed by atoms with Gasteiger partial charge in [-0.3, -0.25) is 10.1 Å². The Balaban J connectivity index is 2.36. The van der Waals surface area contributed by atoms with Crippen LogP contribution >= 0.6 is 0 Å². The van der Waals surface area contributed by atoms with Gasteiger partial charge >= 0.3 is 5.97 Å². The molecule has 1 heterocycles. The molecule has 33 heavy (non-hydrogen) atoms. The number of aromatic nitrogens is 2. The van der Waals surface area contributed by atoms with E-state index in [1.54, 1.807) is 26.8 Å². The summed E-state index contributed by atoms with van der Waals surface area (Å²) in [4.78, 5) is 33.2. The maximum absolute atomic E-state index is 13.1. The van der Waals surface area contributed by atoms with Crippen LogP contribution < -0.4 is 0 Å². The lowest BCUT2D eigenvalue weighted by atomic mass is 10.0. The average molecular weight is 451 g/mol. The Bertz CT molecular complexity index is 1110. The highest BCUT2D eigenvalue weighted by molar-refractivity contribution is 5.98. The molecule has 0 spiro atoms. The van der Waals surface area contributed by atoms with Crippen molar-refractivity contribution in [2.45, 2.75) is 27.1 Å². The van der Waals surface area contributed by atoms with Crippen LogP contribution in [0.2, 0.25) is 0 Å². The van der Waals surface area contributed by atoms with E-state index >= 15 is 0 Å². The van der Waals surface area contributed by atoms with Gasteiger partial charge in [0.15, 0.2) is 5.82 Å². The zero-order valence-electron chi connectivity index (χ0n) is 18.7. The van der Waals surface area contributed by atoms with Crippen LogP contribution in [0.3, 0.4) is 0 Å². The van der Waals surface area contributed by atoms with Gasteiger partial charge in [-0.05, 0) is 20.8 Å². The molecule has 9 heteroatoms. The number of nitrogens with zero attached hydrogens (tertiary/aromatic N) is 3. The molecule has 3 aromatic rings. The first-order valence-corrected chi connectivity index (χ1v) is 10.6. The zero-order valence-corrected chi connectivity index (χ0v) is 18.7. The Morgan fingerprint density at radius 3 is 2.21 bits per heavy atom. The third-order valence-corrected chi connectivity index (χ3v) is 4.64. The molecule has 0 saturated heterocycles. The van der Waals surface area contributed by atoms with E-state index < -0.39 is 17.2 Å². The second-order valence-corrected chi connectivity index (χ2v) is 6.79. The van der Waals surface area contributed by atoms with E-state index in [1.165, 1.54) is 18.2 Å². The molecule has 0 N–H and O–H groups in total. The number of non-ortho nitro benzene ring substituents is 1. The first-order chi connectivity index (χ1) is 16.0. The van der Waals surface area contributed by atoms with Crippen LogP contribution in [0, 0.1) is 10.1 Å². The Morgan fingerprint density at radius 2 is 1.61 bits per heavy atom. The van der Waals surface area contributed by atoms with Gasteiger partial charge in [-0.15, -0.1) is 0 Å². The normalized spacial score (nSPS) is 10.9. The number of carbonyl (C=O) groups is 1. The fraction of sp³-hybridized carbons (Fsp3) is 0.292. The van der Waals surface area contributed by atoms with Crippen molar-refractivity contribution in [2.75, 3.05) is 19.8 Å². The fourth-order valence-corrected chi connectivity index (χ4v) is 3.25. The van der Waals surface area contributed by atoms with E-state index in [2.05, 4.69) is 9.97 Å². The maximum atomic E-state index is 13.1. The molecular weight excluding hydrogens is 426 g/mol. The monoisotopic (exact) mass is 451 g/mol. The summed E-state index contributed by atoms with van der Waals surface area (Å²) in [5, 5.41) is 11.4. The molecule has 0 saturated carbocycles. The van der Waals surface area contributed by atoms with Crippen LogP contribution in [0.15, 0.2) is 54.6 Å². The van der Waals surface area contributed by atoms with Crippen LogP contribution in [-0.4, -0.2) is 40.7 Å². The number of ether oxygens (including phenoxy) is 3. The third-order valence-electron chi connectivity index (χ3n) is 4.64. The molecule has 0 aliphatic carbocycles. The largest absolute Gasteiger partial charge is 0.462 e. The summed E-state index contributed by atoms with van der Waals surface area (Å²) in [6.45, 7) is 6.04. The van der Waals surface area contributed by atoms with Crippen LogP contribution in [-0.2, 0) is 14.2 Å². The second-order valence-electron chi connectivity index (χ2n) is 6.79. The fourth-order valence-electron chi connectivity index (χ4n) is 3.25. The van der Waals surface area contributed by atoms with Gasteiger partial charge in [0, 0.05) is 36.5 Å². The third kappa shape index (κ3) is 5.57. The van der Waals surface area contributed by atoms with Gasteiger partial charge in [0.1, 0.15) is 11.3 Å². The van der Waals surface area contributed by atoms with Crippen molar-refractivity contribution < 1.29 is 23.9 Å². The Kier molecular flexibility index (Phi) is 8.17. The van der Waals surface area contributed by atoms with Gasteiger partial charge in [0.2, 0.25) is 6.29 Å². The second kappa shape index (κ2) is 11.3. The van der Waals surface area contributed by atoms with Gasteiger partial charge in [-0.25, -0.2) is 14.8 Å². The summed E-state index contributed by atoms with van der Waals surface area (Å²) in [6.07, 6.45) is -0.956. The van der Waals surface area contributed by atoms with Crippen LogP contribution in [0.1, 0.15) is 43.1 Å². The molecule has 3 rings (SSSR count). The van der Waals surface area contributed by atoms with Crippen molar-refractivity contribution in [1.29, 1.82) is 0 Å². The minimum absolute atomic E-state index is 0.0453. The number of carbonyl (C=O) groups excluding carboxylic acids is 1. The van der Waals surface area contributed by atoms with E-state index in [-0.39, 0.29) is 29.2 Å². The highest BCUT2D eigenvalue weighted by atomic mass is 16.7. The Hall–Kier alpha value is -3.69. The molecule has 2 aromatic carbocycles. The Morgan fingerprint density at radius 1 is 0.939 bits per heavy atom. The SMILES string of the molecule is CCOC(=O)c1c(-c2cccc([N+](=O)[O-])c2)nc(-c2ccccc2)nc1C(OCC)OCC. The summed E-state index contributed by atoms with van der Waals surface area (Å²) in [5.74, 6) is -0.345. The lowest BCUT2D eigenvalue weighted by molar-refractivity contribution is -0.384. The number of nitro groups is 1. The molecular formula is C24H25N3O6. The summed E-state index contributed by atoms with van der Waals surface area (Å²) < 4.78 is 16.8. The maximum Gasteiger partial charge on any atom is 0.342 e. The summed E-state index contributed by atoms with van der Waals surface area (Å²) in [7, 11) is 0. The Labute approximate surface area is 191 Å². The topological polar surface area (TPSA) is 114 Å². The number of rotatable bonds is 10. The molecule has 1 aromatic heterocycles. The highest BCUT2D eigenvalue weighted by Gasteiger charge is 2.30. The van der Waals surface area contributed by atoms with Gasteiger partial charge < -0.3 is 14.2 Å². The van der Waals surface area contributed by atoms with Crippen LogP contribution in [0.25, 0.3) is 22.6 Å². The van der Waals surface area contributed by atoms with Crippen molar-refractivity contribution in [2.24, 2.45) is 0 Å². The van der Waals surface area contributed by atoms with E-state index in [9.17, 15) is 14.9 Å². The average Bonchev–Trinajstić information content (AvgIpc) is 2.84. The van der Waals surface area contributed by atoms with E-state index in [4.69, 9.17) is 14.2 Å². The number of hydrogen-bond donors (Lipinski definition) is 0. The minimum atomic E-state index is -0.956. The number of esters is 1. The predicted molar refractivity (Wildman–Crippen MR) is 122 cm³/mol. The zero-order chi connectivity index (χ0) is 23.8. The molecule has 0 aliphatic heterocycles. The highest BCUT2D eigenvalue weighted by Crippen LogP contribution is 2.33. The lowest BCUT2D eigenvalue weighted by Crippen LogP contribution is -2.20. The number of hydrogen-bond acceptors (Lipinski definition) is 8. The molecule has 0 amide bonds. The van der Waals surface area contributed by atoms with Crippen molar-refractivity contribution in [3.05, 3.63) is 76.0 Å². The van der Waals surface area contributed by atoms with Gasteiger partial charge in [0.25, 0.3) is 5.69 Å². The first kappa shape index (κ1) is 24.0. The van der Waals surface area contributed by atoms with Crippen LogP contribution in [0.4, 0.5) is 5.69 Å². The van der Waals surface area contributed by atoms with Crippen molar-refractivity contribution in [3.8, 4) is 22.6 Å². The predicted octanol–water partition coefficient (Wildman–Crippen LogP) is 4.97. The van der Waals surface area contributed by atoms with Crippen molar-refractivity contribution in [1.82, 2.24) is 9.97 Å². The molecule has 9 nitrogen and oxygen atoms in total. The molecule has 0 fully saturated rings. The lowest BCUT2D eigenvalue weighted by Gasteiger charge is -2.21. The molecule has 0 atom stereocenters. The molecule has 0 radical (unpaired) electrons. The summed E-state index contributed by atoms with van der Waals surface area (Å²) in [6, 6.07) is 15.1. The van der Waals surface area contributed by atoms with Gasteiger partial charge in [-0.1, -0.05) is 42.5 Å². The molecule has 0 bridgehead atoms. The van der Waals surface area contributed by atoms with Gasteiger partial charge in [0.05, 0.1) is 17.2 Å². The standard InChI is InChI=1S/C24H25N3O6/c1-4-31-23(28)19-20(17-13-10-14-18(15-17)27(29)30)25-22(16-11-8-7-9-12-16)26-21(19)24(32-5-2)33-6-3/h7-15,24H,4-6H2,1-3H3. The number of nitro benzene ring substituents is 1. The minimum Gasteiger partial charge on any atom is -0.462 e. The van der Waals surface area contributed by atoms with Gasteiger partial charge in [-0.2, -0.15) is 0 Å². The number of benzene rings is 2. The summed E-state index contributed by atoms with van der Waals surface area (Å²) in [5.41, 5.74) is 1.39. The van der Waals surface area contributed by atoms with E-state index in [0.717, 1.165) is 0 Å². The molecule has 172 valence electrons. The first-order valence-electron chi connectivity index (χ1n) is 10.6. The smallest absolute Gasteiger partial charge is 0.342 e.